The van der Waals surface area contributed by atoms with Gasteiger partial charge in [0.1, 0.15) is 39.2 Å². The third-order valence-corrected chi connectivity index (χ3v) is 21.9. The van der Waals surface area contributed by atoms with Gasteiger partial charge in [-0.25, -0.2) is 9.97 Å². The summed E-state index contributed by atoms with van der Waals surface area (Å²) >= 11 is 0. The summed E-state index contributed by atoms with van der Waals surface area (Å²) in [6.45, 7) is 19.1. The Morgan fingerprint density at radius 2 is 0.758 bits per heavy atom. The van der Waals surface area contributed by atoms with Crippen molar-refractivity contribution in [1.29, 1.82) is 0 Å². The summed E-state index contributed by atoms with van der Waals surface area (Å²) in [5, 5.41) is 68.2. The molecule has 2 aliphatic rings. The SMILES string of the molecule is C=CCc1nc(C)cc2cc(Nc3n[nH]c4cccnc34)ccc12.C=Cc1nc(C)cc2cc(Nc3n[nH]c4cccnc34)ccc12.COCCNc1nc(C)cc2cc(Nc3n[nH]c4cccnc34)ccc12.Cc1cc2cc(Nc3n[nH]c4cccnc34)ccc2c(C2CC2)n1.Cc1cc2cc(Nc3n[nH]c4cccnc34)ccc2c(N(C)C2CCC2)n1. The fourth-order valence-electron chi connectivity index (χ4n) is 15.6. The van der Waals surface area contributed by atoms with Crippen molar-refractivity contribution < 1.29 is 4.74 Å². The molecule has 11 N–H and O–H groups in total. The maximum Gasteiger partial charge on any atom is 0.178 e. The Balaban J connectivity index is 0.000000106. The van der Waals surface area contributed by atoms with Crippen LogP contribution in [0, 0.1) is 34.6 Å². The molecule has 2 aliphatic carbocycles. The van der Waals surface area contributed by atoms with Gasteiger partial charge in [0.2, 0.25) is 0 Å². The van der Waals surface area contributed by atoms with E-state index in [9.17, 15) is 0 Å². The summed E-state index contributed by atoms with van der Waals surface area (Å²) in [6.07, 6.45) is 19.6. The van der Waals surface area contributed by atoms with Crippen LogP contribution in [0.15, 0.2) is 232 Å². The van der Waals surface area contributed by atoms with Crippen molar-refractivity contribution in [2.45, 2.75) is 85.1 Å². The zero-order valence-electron chi connectivity index (χ0n) is 69.7. The minimum atomic E-state index is 0.613. The lowest BCUT2D eigenvalue weighted by Crippen LogP contribution is -2.37. The third-order valence-electron chi connectivity index (χ3n) is 21.9. The molecule has 0 saturated heterocycles. The molecule has 15 aromatic heterocycles. The fraction of sp³-hybridized carbons (Fsp3) is 0.177. The molecule has 20 aromatic rings. The van der Waals surface area contributed by atoms with Gasteiger partial charge in [0.05, 0.1) is 51.3 Å². The number of pyridine rings is 10. The number of H-pyrrole nitrogens is 5. The zero-order valence-corrected chi connectivity index (χ0v) is 69.7. The number of hydrogen-bond donors (Lipinski definition) is 11. The molecular formula is C96H91N27O. The highest BCUT2D eigenvalue weighted by Gasteiger charge is 2.28. The first-order chi connectivity index (χ1) is 60.7. The van der Waals surface area contributed by atoms with E-state index in [-0.39, 0.29) is 0 Å². The minimum absolute atomic E-state index is 0.613. The Morgan fingerprint density at radius 1 is 0.395 bits per heavy atom. The van der Waals surface area contributed by atoms with Crippen LogP contribution in [0.25, 0.3) is 115 Å². The number of aryl methyl sites for hydroxylation is 5. The smallest absolute Gasteiger partial charge is 0.178 e. The van der Waals surface area contributed by atoms with E-state index in [1.54, 1.807) is 44.2 Å². The number of ether oxygens (including phenoxy) is 1. The lowest BCUT2D eigenvalue weighted by atomic mass is 9.91. The molecule has 0 amide bonds. The van der Waals surface area contributed by atoms with Gasteiger partial charge < -0.3 is 41.5 Å². The highest BCUT2D eigenvalue weighted by molar-refractivity contribution is 6.00. The summed E-state index contributed by atoms with van der Waals surface area (Å²) in [5.41, 5.74) is 21.9. The topological polar surface area (TPSA) is 357 Å². The Hall–Kier alpha value is -15.7. The van der Waals surface area contributed by atoms with Gasteiger partial charge in [-0.2, -0.15) is 25.5 Å². The summed E-state index contributed by atoms with van der Waals surface area (Å²) in [6, 6.07) is 61.7. The first kappa shape index (κ1) is 79.4. The van der Waals surface area contributed by atoms with Crippen LogP contribution < -0.4 is 36.8 Å². The van der Waals surface area contributed by atoms with E-state index in [2.05, 4.69) is 259 Å². The van der Waals surface area contributed by atoms with Gasteiger partial charge >= 0.3 is 0 Å². The van der Waals surface area contributed by atoms with E-state index < -0.39 is 0 Å². The standard InChI is InChI=1S/C21H22N6.C19H20N6O.2C19H17N5.C18H15N5/c1-13-11-14-12-15(24-20-19-18(25-26-20)7-4-10-22-19)8-9-17(14)21(23-13)27(2)16-5-3-6-16;1-12-10-13-11-14(5-6-15(13)18(22-12)21-8-9-26-2)23-19-17-16(24-25-19)4-3-7-20-17;1-11-9-13-10-14(6-7-15(13)17(21-11)12-4-5-12)22-19-18-16(23-24-19)3-2-8-20-18;1-3-5-16-15-8-7-14(11-13(15)10-12(2)21-16)22-19-18-17(23-24-19)6-4-9-20-18;1-3-15-14-7-6-13(10-12(14)9-11(2)20-15)21-18-17-16(22-23-18)5-4-8-19-17/h4,7-12,16H,3,5-6H2,1-2H3,(H2,24,25,26);3-7,10-11H,8-9H2,1-2H3,(H,21,22)(H2,23,24,25);2-3,6-10,12H,4-5H2,1H3,(H2,22,23,24);3-4,6-11H,1,5H2,2H3,(H2,22,23,24);3-10H,1H2,2H3,(H2,21,22,23). The van der Waals surface area contributed by atoms with Gasteiger partial charge in [-0.05, 0) is 264 Å². The zero-order chi connectivity index (χ0) is 84.7. The highest BCUT2D eigenvalue weighted by Crippen LogP contribution is 2.43. The number of hydrogen-bond acceptors (Lipinski definition) is 23. The summed E-state index contributed by atoms with van der Waals surface area (Å²) in [7, 11) is 3.85. The normalized spacial score (nSPS) is 12.4. The number of anilines is 12. The predicted octanol–water partition coefficient (Wildman–Crippen LogP) is 21.1. The van der Waals surface area contributed by atoms with Crippen LogP contribution in [-0.2, 0) is 11.2 Å². The second kappa shape index (κ2) is 35.3. The maximum atomic E-state index is 5.10. The fourth-order valence-corrected chi connectivity index (χ4v) is 15.6. The van der Waals surface area contributed by atoms with E-state index >= 15 is 0 Å². The minimum Gasteiger partial charge on any atom is -0.383 e. The van der Waals surface area contributed by atoms with Crippen molar-refractivity contribution in [1.82, 2.24) is 101 Å². The van der Waals surface area contributed by atoms with E-state index in [1.807, 2.05) is 112 Å². The Kier molecular flexibility index (Phi) is 22.6. The molecule has 0 aliphatic heterocycles. The number of nitrogens with one attached hydrogen (secondary N) is 11. The number of fused-ring (bicyclic) bond motifs is 10. The number of allylic oxidation sites excluding steroid dienone is 1. The van der Waals surface area contributed by atoms with Crippen LogP contribution in [0.5, 0.6) is 0 Å². The molecule has 2 fully saturated rings. The monoisotopic (exact) mass is 1640 g/mol. The molecule has 0 bridgehead atoms. The number of rotatable bonds is 20. The second-order valence-electron chi connectivity index (χ2n) is 31.0. The van der Waals surface area contributed by atoms with Crippen LogP contribution in [-0.4, -0.2) is 134 Å². The van der Waals surface area contributed by atoms with Crippen LogP contribution >= 0.6 is 0 Å². The van der Waals surface area contributed by atoms with Crippen LogP contribution in [0.2, 0.25) is 0 Å². The Labute approximate surface area is 712 Å². The van der Waals surface area contributed by atoms with E-state index in [4.69, 9.17) is 14.7 Å². The maximum absolute atomic E-state index is 5.10. The number of nitrogens with zero attached hydrogens (tertiary/aromatic N) is 16. The number of aromatic nitrogens is 20. The molecule has 0 radical (unpaired) electrons. The quantitative estimate of drug-likeness (QED) is 0.0249. The van der Waals surface area contributed by atoms with Gasteiger partial charge in [-0.15, -0.1) is 6.58 Å². The Bertz CT molecular complexity index is 7340. The molecular weight excluding hydrogens is 1550 g/mol. The average molecular weight is 1640 g/mol. The molecule has 616 valence electrons. The van der Waals surface area contributed by atoms with Gasteiger partial charge in [-0.1, -0.05) is 30.9 Å². The van der Waals surface area contributed by atoms with Crippen LogP contribution in [0.3, 0.4) is 0 Å². The van der Waals surface area contributed by atoms with Crippen molar-refractivity contribution in [3.05, 3.63) is 278 Å². The van der Waals surface area contributed by atoms with Crippen molar-refractivity contribution in [2.75, 3.05) is 64.1 Å². The van der Waals surface area contributed by atoms with E-state index in [0.717, 1.165) is 197 Å². The lowest BCUT2D eigenvalue weighted by molar-refractivity contribution is 0.210. The van der Waals surface area contributed by atoms with Crippen molar-refractivity contribution >= 4 is 184 Å². The molecule has 15 heterocycles. The van der Waals surface area contributed by atoms with Crippen molar-refractivity contribution in [2.24, 2.45) is 0 Å². The molecule has 28 heteroatoms. The average Bonchev–Trinajstić information content (AvgIpc) is 1.65. The summed E-state index contributed by atoms with van der Waals surface area (Å²) in [5.74, 6) is 6.23. The summed E-state index contributed by atoms with van der Waals surface area (Å²) in [4.78, 5) is 47.6. The Morgan fingerprint density at radius 3 is 1.17 bits per heavy atom. The molecule has 124 heavy (non-hydrogen) atoms. The predicted molar refractivity (Wildman–Crippen MR) is 501 cm³/mol. The van der Waals surface area contributed by atoms with Crippen molar-refractivity contribution in [3.8, 4) is 0 Å². The van der Waals surface area contributed by atoms with Crippen molar-refractivity contribution in [3.63, 3.8) is 0 Å². The van der Waals surface area contributed by atoms with Crippen LogP contribution in [0.1, 0.15) is 83.6 Å². The van der Waals surface area contributed by atoms with E-state index in [0.29, 0.717) is 30.9 Å². The first-order valence-corrected chi connectivity index (χ1v) is 41.3. The molecule has 22 rings (SSSR count). The third kappa shape index (κ3) is 17.4. The highest BCUT2D eigenvalue weighted by atomic mass is 16.5. The molecule has 28 nitrogen and oxygen atoms in total. The molecule has 2 saturated carbocycles. The van der Waals surface area contributed by atoms with Gasteiger partial charge in [0.15, 0.2) is 29.1 Å². The number of benzene rings is 5. The molecule has 0 atom stereocenters. The lowest BCUT2D eigenvalue weighted by Gasteiger charge is -2.36. The van der Waals surface area contributed by atoms with Crippen LogP contribution in [0.4, 0.5) is 69.2 Å². The van der Waals surface area contributed by atoms with Gasteiger partial charge in [0.25, 0.3) is 0 Å². The van der Waals surface area contributed by atoms with Gasteiger partial charge in [0, 0.05) is 154 Å². The first-order valence-electron chi connectivity index (χ1n) is 41.3. The largest absolute Gasteiger partial charge is 0.383 e. The van der Waals surface area contributed by atoms with E-state index in [1.165, 1.54) is 59.3 Å². The number of methoxy groups -OCH3 is 1. The summed E-state index contributed by atoms with van der Waals surface area (Å²) < 4.78 is 5.10. The molecule has 5 aromatic carbocycles. The molecule has 0 unspecified atom stereocenters. The number of aromatic amines is 5. The van der Waals surface area contributed by atoms with Gasteiger partial charge in [-0.3, -0.25) is 65.4 Å². The second-order valence-corrected chi connectivity index (χ2v) is 31.0. The molecule has 0 spiro atoms.